The number of esters is 1. The van der Waals surface area contributed by atoms with Gasteiger partial charge in [-0.2, -0.15) is 4.98 Å². The van der Waals surface area contributed by atoms with Crippen LogP contribution in [-0.2, 0) is 16.1 Å². The number of carbonyl (C=O) groups excluding carboxylic acids is 1. The fraction of sp³-hybridized carbons (Fsp3) is 0.321. The van der Waals surface area contributed by atoms with Gasteiger partial charge in [-0.25, -0.2) is 9.59 Å². The van der Waals surface area contributed by atoms with Crippen LogP contribution in [0, 0.1) is 6.92 Å². The quantitative estimate of drug-likeness (QED) is 0.459. The van der Waals surface area contributed by atoms with E-state index in [1.54, 1.807) is 11.5 Å². The molecule has 2 N–H and O–H groups in total. The minimum absolute atomic E-state index is 0.263. The van der Waals surface area contributed by atoms with Gasteiger partial charge < -0.3 is 20.3 Å². The van der Waals surface area contributed by atoms with Crippen LogP contribution >= 0.6 is 0 Å². The molecular formula is C28H33N5O3. The number of rotatable bonds is 8. The Morgan fingerprint density at radius 3 is 2.44 bits per heavy atom. The Morgan fingerprint density at radius 1 is 1.11 bits per heavy atom. The fourth-order valence-corrected chi connectivity index (χ4v) is 4.42. The minimum atomic E-state index is -0.479. The molecule has 0 radical (unpaired) electrons. The number of aromatic nitrogens is 2. The van der Waals surface area contributed by atoms with E-state index in [9.17, 15) is 9.59 Å². The molecule has 2 aromatic carbocycles. The van der Waals surface area contributed by atoms with Gasteiger partial charge in [0.05, 0.1) is 18.1 Å². The van der Waals surface area contributed by atoms with E-state index in [2.05, 4.69) is 15.6 Å². The molecule has 1 unspecified atom stereocenters. The Bertz CT molecular complexity index is 1330. The van der Waals surface area contributed by atoms with Crippen molar-refractivity contribution >= 4 is 23.3 Å². The Kier molecular flexibility index (Phi) is 7.55. The van der Waals surface area contributed by atoms with Crippen molar-refractivity contribution in [1.82, 2.24) is 14.5 Å². The van der Waals surface area contributed by atoms with Crippen molar-refractivity contribution in [2.45, 2.75) is 33.2 Å². The Balaban J connectivity index is 1.98. The first-order valence-corrected chi connectivity index (χ1v) is 12.1. The summed E-state index contributed by atoms with van der Waals surface area (Å²) < 4.78 is 7.12. The first kappa shape index (κ1) is 25.2. The van der Waals surface area contributed by atoms with Gasteiger partial charge in [0.15, 0.2) is 0 Å². The molecule has 188 valence electrons. The number of hydrogen-bond acceptors (Lipinski definition) is 7. The zero-order chi connectivity index (χ0) is 25.8. The molecule has 1 aromatic heterocycles. The average Bonchev–Trinajstić information content (AvgIpc) is 2.84. The van der Waals surface area contributed by atoms with Gasteiger partial charge in [0.25, 0.3) is 0 Å². The summed E-state index contributed by atoms with van der Waals surface area (Å²) >= 11 is 0. The molecule has 3 aromatic rings. The number of nitrogens with zero attached hydrogens (tertiary/aromatic N) is 3. The molecule has 1 aliphatic heterocycles. The van der Waals surface area contributed by atoms with Gasteiger partial charge in [-0.15, -0.1) is 0 Å². The summed E-state index contributed by atoms with van der Waals surface area (Å²) in [6.07, 6.45) is 0. The number of anilines is 3. The van der Waals surface area contributed by atoms with Crippen LogP contribution in [0.4, 0.5) is 17.3 Å². The maximum atomic E-state index is 13.3. The number of nitrogens with one attached hydrogen (secondary N) is 2. The Hall–Kier alpha value is -3.91. The van der Waals surface area contributed by atoms with E-state index in [-0.39, 0.29) is 12.3 Å². The normalized spacial score (nSPS) is 14.9. The second-order valence-corrected chi connectivity index (χ2v) is 9.18. The molecular weight excluding hydrogens is 454 g/mol. The number of hydrogen-bond donors (Lipinski definition) is 2. The predicted molar refractivity (Wildman–Crippen MR) is 143 cm³/mol. The van der Waals surface area contributed by atoms with Gasteiger partial charge >= 0.3 is 11.7 Å². The van der Waals surface area contributed by atoms with E-state index in [1.807, 2.05) is 87.4 Å². The summed E-state index contributed by atoms with van der Waals surface area (Å²) in [6.45, 7) is 7.02. The van der Waals surface area contributed by atoms with Gasteiger partial charge in [0.1, 0.15) is 11.6 Å². The molecule has 0 fully saturated rings. The fourth-order valence-electron chi connectivity index (χ4n) is 4.42. The predicted octanol–water partition coefficient (Wildman–Crippen LogP) is 4.25. The molecule has 0 spiro atoms. The average molecular weight is 488 g/mol. The molecule has 8 heteroatoms. The second kappa shape index (κ2) is 10.8. The highest BCUT2D eigenvalue weighted by atomic mass is 16.5. The third kappa shape index (κ3) is 5.18. The van der Waals surface area contributed by atoms with Crippen LogP contribution in [0.5, 0.6) is 0 Å². The van der Waals surface area contributed by atoms with Crippen LogP contribution in [0.3, 0.4) is 0 Å². The van der Waals surface area contributed by atoms with Gasteiger partial charge in [0.2, 0.25) is 0 Å². The van der Waals surface area contributed by atoms with E-state index < -0.39 is 11.9 Å². The lowest BCUT2D eigenvalue weighted by atomic mass is 9.81. The number of aryl methyl sites for hydroxylation is 1. The van der Waals surface area contributed by atoms with E-state index in [4.69, 9.17) is 4.74 Å². The van der Waals surface area contributed by atoms with Crippen LogP contribution in [0.25, 0.3) is 0 Å². The minimum Gasteiger partial charge on any atom is -0.463 e. The second-order valence-electron chi connectivity index (χ2n) is 9.18. The Morgan fingerprint density at radius 2 is 1.81 bits per heavy atom. The third-order valence-electron chi connectivity index (χ3n) is 6.22. The van der Waals surface area contributed by atoms with Crippen molar-refractivity contribution in [1.29, 1.82) is 0 Å². The lowest BCUT2D eigenvalue weighted by Crippen LogP contribution is -2.35. The van der Waals surface area contributed by atoms with E-state index in [0.29, 0.717) is 36.0 Å². The van der Waals surface area contributed by atoms with Crippen LogP contribution < -0.4 is 16.3 Å². The Labute approximate surface area is 211 Å². The van der Waals surface area contributed by atoms with Crippen molar-refractivity contribution < 1.29 is 9.53 Å². The summed E-state index contributed by atoms with van der Waals surface area (Å²) in [6, 6.07) is 17.7. The van der Waals surface area contributed by atoms with Crippen molar-refractivity contribution in [3.63, 3.8) is 0 Å². The zero-order valence-corrected chi connectivity index (χ0v) is 21.5. The van der Waals surface area contributed by atoms with Crippen LogP contribution in [0.1, 0.15) is 36.5 Å². The largest absolute Gasteiger partial charge is 0.463 e. The topological polar surface area (TPSA) is 88.5 Å². The number of carbonyl (C=O) groups is 1. The summed E-state index contributed by atoms with van der Waals surface area (Å²) in [4.78, 5) is 33.0. The number of allylic oxidation sites excluding steroid dienone is 1. The highest BCUT2D eigenvalue weighted by Gasteiger charge is 2.37. The maximum absolute atomic E-state index is 13.3. The molecule has 36 heavy (non-hydrogen) atoms. The molecule has 0 saturated heterocycles. The summed E-state index contributed by atoms with van der Waals surface area (Å²) in [5.41, 5.74) is 4.36. The maximum Gasteiger partial charge on any atom is 0.351 e. The zero-order valence-electron chi connectivity index (χ0n) is 21.5. The van der Waals surface area contributed by atoms with Crippen LogP contribution in [0.15, 0.2) is 70.7 Å². The van der Waals surface area contributed by atoms with Crippen molar-refractivity contribution in [2.75, 3.05) is 37.9 Å². The molecule has 1 atom stereocenters. The first-order chi connectivity index (χ1) is 17.3. The van der Waals surface area contributed by atoms with Crippen molar-refractivity contribution in [3.8, 4) is 0 Å². The molecule has 4 rings (SSSR count). The van der Waals surface area contributed by atoms with E-state index in [1.165, 1.54) is 0 Å². The number of benzene rings is 2. The summed E-state index contributed by atoms with van der Waals surface area (Å²) in [7, 11) is 3.92. The third-order valence-corrected chi connectivity index (χ3v) is 6.22. The molecule has 1 aliphatic rings. The summed E-state index contributed by atoms with van der Waals surface area (Å²) in [5, 5.41) is 6.71. The van der Waals surface area contributed by atoms with Crippen molar-refractivity contribution in [2.24, 2.45) is 0 Å². The van der Waals surface area contributed by atoms with Gasteiger partial charge in [0, 0.05) is 30.0 Å². The van der Waals surface area contributed by atoms with E-state index in [0.717, 1.165) is 22.4 Å². The first-order valence-electron chi connectivity index (χ1n) is 12.1. The smallest absolute Gasteiger partial charge is 0.351 e. The molecule has 0 aliphatic carbocycles. The monoisotopic (exact) mass is 487 g/mol. The van der Waals surface area contributed by atoms with Crippen LogP contribution in [0.2, 0.25) is 0 Å². The highest BCUT2D eigenvalue weighted by molar-refractivity contribution is 5.95. The standard InChI is InChI=1S/C28H33N5O3/c1-6-36-27(34)22-19(3)29-26-24(23(22)20-10-8-7-9-11-20)25(30-21-14-12-18(2)13-15-21)31-28(35)33(26)17-16-32(4)5/h7-15,23,29H,6,16-17H2,1-5H3,(H,30,31,35). The molecule has 8 nitrogen and oxygen atoms in total. The van der Waals surface area contributed by atoms with Crippen molar-refractivity contribution in [3.05, 3.63) is 93.0 Å². The van der Waals surface area contributed by atoms with Gasteiger partial charge in [-0.05, 0) is 52.6 Å². The molecule has 0 amide bonds. The lowest BCUT2D eigenvalue weighted by Gasteiger charge is -2.33. The highest BCUT2D eigenvalue weighted by Crippen LogP contribution is 2.45. The van der Waals surface area contributed by atoms with Gasteiger partial charge in [-0.1, -0.05) is 48.0 Å². The lowest BCUT2D eigenvalue weighted by molar-refractivity contribution is -0.138. The summed E-state index contributed by atoms with van der Waals surface area (Å²) in [5.74, 6) is 0.170. The molecule has 0 saturated carbocycles. The SMILES string of the molecule is CCOC(=O)C1=C(C)Nc2c(c(Nc3ccc(C)cc3)nc(=O)n2CCN(C)C)C1c1ccccc1. The molecule has 0 bridgehead atoms. The van der Waals surface area contributed by atoms with E-state index >= 15 is 0 Å². The number of ether oxygens (including phenoxy) is 1. The van der Waals surface area contributed by atoms with Gasteiger partial charge in [-0.3, -0.25) is 4.57 Å². The molecule has 2 heterocycles. The number of likely N-dealkylation sites (N-methyl/N-ethyl adjacent to an activating group) is 1. The van der Waals surface area contributed by atoms with Crippen LogP contribution in [-0.4, -0.2) is 47.7 Å². The number of fused-ring (bicyclic) bond motifs is 1.